The molecule has 0 saturated carbocycles. The molecule has 1 aromatic rings. The third-order valence-electron chi connectivity index (χ3n) is 2.67. The van der Waals surface area contributed by atoms with Crippen molar-refractivity contribution in [3.05, 3.63) is 40.8 Å². The number of hydrogen-bond donors (Lipinski definition) is 0. The van der Waals surface area contributed by atoms with Gasteiger partial charge in [0, 0.05) is 51.0 Å². The zero-order valence-corrected chi connectivity index (χ0v) is 14.0. The van der Waals surface area contributed by atoms with Gasteiger partial charge in [-0.25, -0.2) is 0 Å². The smallest absolute Gasteiger partial charge is 0.270 e. The van der Waals surface area contributed by atoms with Crippen LogP contribution in [-0.4, -0.2) is 23.8 Å². The van der Waals surface area contributed by atoms with Crippen molar-refractivity contribution >= 4 is 17.2 Å². The molecule has 0 aliphatic rings. The summed E-state index contributed by atoms with van der Waals surface area (Å²) in [4.78, 5) is 23.8. The number of ketones is 1. The number of benzene rings is 1. The predicted molar refractivity (Wildman–Crippen MR) is 71.0 cm³/mol. The molecule has 0 saturated heterocycles. The van der Waals surface area contributed by atoms with E-state index in [-0.39, 0.29) is 32.5 Å². The van der Waals surface area contributed by atoms with Gasteiger partial charge in [-0.2, -0.15) is 0 Å². The fraction of sp³-hybridized carbons (Fsp3) is 0.385. The number of hydrogen-bond acceptors (Lipinski definition) is 4. The summed E-state index contributed by atoms with van der Waals surface area (Å²) in [7, 11) is 0. The quantitative estimate of drug-likeness (QED) is 0.300. The van der Waals surface area contributed by atoms with Gasteiger partial charge in [-0.05, 0) is 19.4 Å². The number of nitro benzene ring substituents is 1. The minimum Gasteiger partial charge on any atom is -0.401 e. The molecular formula is C13H17N2O3W-. The Morgan fingerprint density at radius 1 is 1.47 bits per heavy atom. The molecule has 1 aromatic carbocycles. The largest absolute Gasteiger partial charge is 0.401 e. The minimum atomic E-state index is -0.495. The Kier molecular flexibility index (Phi) is 7.53. The second-order valence-corrected chi connectivity index (χ2v) is 4.00. The van der Waals surface area contributed by atoms with Crippen LogP contribution in [0.2, 0.25) is 0 Å². The number of anilines is 1. The van der Waals surface area contributed by atoms with Gasteiger partial charge in [0.2, 0.25) is 0 Å². The molecule has 0 aromatic heterocycles. The molecule has 6 heteroatoms. The average Bonchev–Trinajstić information content (AvgIpc) is 2.35. The van der Waals surface area contributed by atoms with Gasteiger partial charge in [0.1, 0.15) is 0 Å². The topological polar surface area (TPSA) is 63.4 Å². The van der Waals surface area contributed by atoms with Gasteiger partial charge in [0.15, 0.2) is 5.78 Å². The SMILES string of the molecule is [CH2-]CN(CCC)c1ccc([N+](=O)[O-])cc1C(C)=O.[W]. The monoisotopic (exact) mass is 433 g/mol. The maximum absolute atomic E-state index is 11.6. The van der Waals surface area contributed by atoms with Crippen molar-refractivity contribution in [1.82, 2.24) is 0 Å². The van der Waals surface area contributed by atoms with Crippen LogP contribution in [0.5, 0.6) is 0 Å². The van der Waals surface area contributed by atoms with Crippen molar-refractivity contribution in [1.29, 1.82) is 0 Å². The first-order valence-corrected chi connectivity index (χ1v) is 5.84. The molecule has 0 atom stereocenters. The van der Waals surface area contributed by atoms with Gasteiger partial charge < -0.3 is 11.8 Å². The van der Waals surface area contributed by atoms with Crippen LogP contribution in [0.3, 0.4) is 0 Å². The molecule has 0 fully saturated rings. The molecule has 0 bridgehead atoms. The second kappa shape index (κ2) is 8.05. The van der Waals surface area contributed by atoms with Gasteiger partial charge in [-0.15, -0.1) is 6.54 Å². The predicted octanol–water partition coefficient (Wildman–Crippen LogP) is 2.85. The number of carbonyl (C=O) groups excluding carboxylic acids is 1. The summed E-state index contributed by atoms with van der Waals surface area (Å²) in [5.74, 6) is -0.178. The van der Waals surface area contributed by atoms with Gasteiger partial charge in [0.05, 0.1) is 4.92 Å². The van der Waals surface area contributed by atoms with Crippen LogP contribution in [0.15, 0.2) is 18.2 Å². The molecule has 5 nitrogen and oxygen atoms in total. The molecule has 1 rings (SSSR count). The maximum atomic E-state index is 11.6. The molecule has 0 spiro atoms. The molecule has 104 valence electrons. The number of carbonyl (C=O) groups is 1. The van der Waals surface area contributed by atoms with Crippen molar-refractivity contribution in [2.75, 3.05) is 18.0 Å². The van der Waals surface area contributed by atoms with Crippen LogP contribution in [-0.2, 0) is 21.1 Å². The molecule has 0 radical (unpaired) electrons. The molecule has 0 aliphatic carbocycles. The molecule has 19 heavy (non-hydrogen) atoms. The van der Waals surface area contributed by atoms with Gasteiger partial charge in [-0.1, -0.05) is 6.92 Å². The van der Waals surface area contributed by atoms with Crippen molar-refractivity contribution in [2.45, 2.75) is 20.3 Å². The van der Waals surface area contributed by atoms with Crippen molar-refractivity contribution in [2.24, 2.45) is 0 Å². The average molecular weight is 433 g/mol. The second-order valence-electron chi connectivity index (χ2n) is 4.00. The minimum absolute atomic E-state index is 0. The van der Waals surface area contributed by atoms with E-state index in [9.17, 15) is 14.9 Å². The van der Waals surface area contributed by atoms with Gasteiger partial charge >= 0.3 is 0 Å². The molecule has 0 heterocycles. The fourth-order valence-electron chi connectivity index (χ4n) is 1.82. The number of rotatable bonds is 6. The van der Waals surface area contributed by atoms with Gasteiger partial charge in [0.25, 0.3) is 5.69 Å². The Bertz CT molecular complexity index is 463. The number of nitrogens with zero attached hydrogens (tertiary/aromatic N) is 2. The first-order valence-electron chi connectivity index (χ1n) is 5.84. The summed E-state index contributed by atoms with van der Waals surface area (Å²) >= 11 is 0. The number of non-ortho nitro benzene ring substituents is 1. The zero-order chi connectivity index (χ0) is 13.7. The number of Topliss-reactive ketones (excluding diaryl/α,β-unsaturated/α-hetero) is 1. The normalized spacial score (nSPS) is 9.63. The molecule has 0 unspecified atom stereocenters. The van der Waals surface area contributed by atoms with Crippen LogP contribution in [0.25, 0.3) is 0 Å². The first-order chi connectivity index (χ1) is 8.51. The van der Waals surface area contributed by atoms with E-state index in [1.165, 1.54) is 19.1 Å². The fourth-order valence-corrected chi connectivity index (χ4v) is 1.82. The van der Waals surface area contributed by atoms with E-state index in [0.29, 0.717) is 17.8 Å². The van der Waals surface area contributed by atoms with Crippen LogP contribution in [0.1, 0.15) is 30.6 Å². The van der Waals surface area contributed by atoms with Crippen LogP contribution in [0, 0.1) is 17.0 Å². The maximum Gasteiger partial charge on any atom is 0.270 e. The van der Waals surface area contributed by atoms with Crippen LogP contribution in [0.4, 0.5) is 11.4 Å². The summed E-state index contributed by atoms with van der Waals surface area (Å²) in [6.45, 7) is 8.55. The van der Waals surface area contributed by atoms with E-state index in [1.54, 1.807) is 6.07 Å². The van der Waals surface area contributed by atoms with E-state index in [2.05, 4.69) is 6.92 Å². The third-order valence-corrected chi connectivity index (χ3v) is 2.67. The standard InChI is InChI=1S/C13H17N2O3.W/c1-4-8-14(5-2)13-7-6-11(15(17)18)9-12(13)10(3)16;/h6-7,9H,2,4-5,8H2,1,3H3;/q-1;. The Morgan fingerprint density at radius 3 is 2.53 bits per heavy atom. The van der Waals surface area contributed by atoms with Crippen molar-refractivity contribution in [3.8, 4) is 0 Å². The number of nitro groups is 1. The summed E-state index contributed by atoms with van der Waals surface area (Å²) in [5, 5.41) is 10.7. The van der Waals surface area contributed by atoms with Crippen molar-refractivity contribution in [3.63, 3.8) is 0 Å². The van der Waals surface area contributed by atoms with E-state index in [0.717, 1.165) is 13.0 Å². The third kappa shape index (κ3) is 4.42. The zero-order valence-electron chi connectivity index (χ0n) is 11.1. The summed E-state index contributed by atoms with van der Waals surface area (Å²) in [6, 6.07) is 4.37. The Balaban J connectivity index is 0.00000324. The van der Waals surface area contributed by atoms with Crippen LogP contribution < -0.4 is 4.90 Å². The Labute approximate surface area is 127 Å². The summed E-state index contributed by atoms with van der Waals surface area (Å²) < 4.78 is 0. The molecule has 0 aliphatic heterocycles. The van der Waals surface area contributed by atoms with E-state index < -0.39 is 4.92 Å². The van der Waals surface area contributed by atoms with Gasteiger partial charge in [-0.3, -0.25) is 14.9 Å². The summed E-state index contributed by atoms with van der Waals surface area (Å²) in [6.07, 6.45) is 0.920. The molecule has 0 amide bonds. The van der Waals surface area contributed by atoms with E-state index >= 15 is 0 Å². The van der Waals surface area contributed by atoms with E-state index in [1.807, 2.05) is 11.8 Å². The first kappa shape index (κ1) is 17.8. The van der Waals surface area contributed by atoms with Crippen molar-refractivity contribution < 1.29 is 30.8 Å². The molecular weight excluding hydrogens is 416 g/mol. The summed E-state index contributed by atoms with van der Waals surface area (Å²) in [5.41, 5.74) is 1.02. The Morgan fingerprint density at radius 2 is 2.11 bits per heavy atom. The molecule has 0 N–H and O–H groups in total. The Hall–Kier alpha value is -1.22. The van der Waals surface area contributed by atoms with E-state index in [4.69, 9.17) is 0 Å². The van der Waals surface area contributed by atoms with Crippen LogP contribution >= 0.6 is 0 Å².